The van der Waals surface area contributed by atoms with Crippen LogP contribution in [0, 0.1) is 0 Å². The largest absolute Gasteiger partial charge is 1.00 e. The van der Waals surface area contributed by atoms with Crippen LogP contribution in [-0.4, -0.2) is 69.0 Å². The fourth-order valence-electron chi connectivity index (χ4n) is 7.42. The first-order chi connectivity index (χ1) is 25.1. The van der Waals surface area contributed by atoms with Gasteiger partial charge in [-0.05, 0) is 51.1 Å². The molecule has 0 spiro atoms. The summed E-state index contributed by atoms with van der Waals surface area (Å²) in [6, 6.07) is 36.1. The maximum absolute atomic E-state index is 12.6. The zero-order chi connectivity index (χ0) is 36.6. The van der Waals surface area contributed by atoms with E-state index in [1.54, 1.807) is 0 Å². The number of nitrogens with two attached hydrogens (primary N) is 1. The van der Waals surface area contributed by atoms with Crippen LogP contribution in [0.15, 0.2) is 126 Å². The van der Waals surface area contributed by atoms with Gasteiger partial charge in [-0.15, -0.1) is 11.6 Å². The Morgan fingerprint density at radius 1 is 0.500 bits per heavy atom. The zero-order valence-corrected chi connectivity index (χ0v) is 32.9. The normalized spacial score (nSPS) is 13.7. The average Bonchev–Trinajstić information content (AvgIpc) is 3.14. The van der Waals surface area contributed by atoms with Crippen molar-refractivity contribution in [2.45, 2.75) is 0 Å². The van der Waals surface area contributed by atoms with E-state index < -0.39 is 0 Å². The van der Waals surface area contributed by atoms with E-state index in [0.29, 0.717) is 5.57 Å². The van der Waals surface area contributed by atoms with Gasteiger partial charge in [0.15, 0.2) is 17.3 Å². The molecule has 2 N–H and O–H groups in total. The number of halogens is 3. The molecule has 0 aromatic heterocycles. The first-order valence-electron chi connectivity index (χ1n) is 17.5. The number of likely N-dealkylation sites (N-methyl/N-ethyl adjacent to an activating group) is 2. The monoisotopic (exact) mass is 774 g/mol. The van der Waals surface area contributed by atoms with Crippen LogP contribution >= 0.6 is 11.6 Å². The highest BCUT2D eigenvalue weighted by Gasteiger charge is 2.26. The summed E-state index contributed by atoms with van der Waals surface area (Å²) < 4.78 is 0.760. The summed E-state index contributed by atoms with van der Waals surface area (Å²) in [6.45, 7) is 1.49. The van der Waals surface area contributed by atoms with Crippen LogP contribution in [0.5, 0.6) is 0 Å². The molecule has 5 nitrogen and oxygen atoms in total. The van der Waals surface area contributed by atoms with Gasteiger partial charge in [-0.25, -0.2) is 0 Å². The first-order valence-corrected chi connectivity index (χ1v) is 18.1. The molecule has 0 fully saturated rings. The molecule has 0 radical (unpaired) electrons. The van der Waals surface area contributed by atoms with Crippen molar-refractivity contribution in [3.05, 3.63) is 159 Å². The lowest BCUT2D eigenvalue weighted by Crippen LogP contribution is -3.00. The van der Waals surface area contributed by atoms with Crippen LogP contribution in [0.25, 0.3) is 50.5 Å². The van der Waals surface area contributed by atoms with Crippen LogP contribution in [0.1, 0.15) is 47.8 Å². The third kappa shape index (κ3) is 7.83. The highest BCUT2D eigenvalue weighted by atomic mass is 35.5. The van der Waals surface area contributed by atoms with Crippen molar-refractivity contribution in [2.75, 3.05) is 47.2 Å². The fourth-order valence-corrected chi connectivity index (χ4v) is 7.62. The number of quaternary nitrogens is 2. The number of rotatable bonds is 5. The molecule has 6 aromatic rings. The number of carbonyl (C=O) groups excluding carboxylic acids is 3. The van der Waals surface area contributed by atoms with Crippen LogP contribution in [-0.2, 0) is 0 Å². The SMILES string of the molecule is C[N+](C)(C)CC1=Cc2cccc3cccc(c23)C1=O.C[NH2+]CC1=Cc2cccc3cccc(c23)C1=O.O=C1C(CCl)=Cc2cccc3cccc1c23.[Cl-].[Cl-]. The van der Waals surface area contributed by atoms with Crippen molar-refractivity contribution < 1.29 is 49.0 Å². The van der Waals surface area contributed by atoms with Gasteiger partial charge in [0.05, 0.1) is 45.2 Å². The second kappa shape index (κ2) is 16.6. The predicted molar refractivity (Wildman–Crippen MR) is 215 cm³/mol. The quantitative estimate of drug-likeness (QED) is 0.216. The molecule has 3 aliphatic carbocycles. The van der Waals surface area contributed by atoms with E-state index in [0.717, 1.165) is 94.4 Å². The Balaban J connectivity index is 0.000000153. The number of hydrogen-bond acceptors (Lipinski definition) is 3. The summed E-state index contributed by atoms with van der Waals surface area (Å²) in [5, 5.41) is 8.66. The summed E-state index contributed by atoms with van der Waals surface area (Å²) in [7, 11) is 8.30. The summed E-state index contributed by atoms with van der Waals surface area (Å²) in [5.41, 5.74) is 8.34. The summed E-state index contributed by atoms with van der Waals surface area (Å²) >= 11 is 5.79. The lowest BCUT2D eigenvalue weighted by atomic mass is 9.87. The molecule has 0 atom stereocenters. The lowest BCUT2D eigenvalue weighted by molar-refractivity contribution is -0.864. The molecule has 0 bridgehead atoms. The van der Waals surface area contributed by atoms with E-state index in [2.05, 4.69) is 69.7 Å². The van der Waals surface area contributed by atoms with Gasteiger partial charge < -0.3 is 34.6 Å². The van der Waals surface area contributed by atoms with Crippen LogP contribution in [0.2, 0.25) is 0 Å². The highest BCUT2D eigenvalue weighted by Crippen LogP contribution is 2.33. The molecule has 0 heterocycles. The Labute approximate surface area is 333 Å². The molecule has 54 heavy (non-hydrogen) atoms. The van der Waals surface area contributed by atoms with Crippen molar-refractivity contribution in [1.82, 2.24) is 0 Å². The highest BCUT2D eigenvalue weighted by molar-refractivity contribution is 6.30. The summed E-state index contributed by atoms with van der Waals surface area (Å²) in [4.78, 5) is 37.0. The van der Waals surface area contributed by atoms with Gasteiger partial charge in [0.1, 0.15) is 13.1 Å². The van der Waals surface area contributed by atoms with E-state index >= 15 is 0 Å². The summed E-state index contributed by atoms with van der Waals surface area (Å²) in [6.07, 6.45) is 5.98. The van der Waals surface area contributed by atoms with Gasteiger partial charge in [-0.1, -0.05) is 109 Å². The van der Waals surface area contributed by atoms with Gasteiger partial charge >= 0.3 is 0 Å². The smallest absolute Gasteiger partial charge is 0.195 e. The standard InChI is InChI=1S/C17H18NO.C15H13NO.C14H9ClO.2ClH/c1-18(2,3)11-14-10-13-8-4-6-12-7-5-9-15(16(12)13)17(14)19;1-16-9-12-8-11-6-2-4-10-5-3-7-13(14(10)11)15(12)17;15-8-11-7-10-5-1-3-9-4-2-6-12(13(9)10)14(11)16;;/h4-10H,11H2,1-3H3;2-8,16H,9H2,1H3;1-7H,8H2;2*1H/q+1;;;;/p-1. The van der Waals surface area contributed by atoms with E-state index in [4.69, 9.17) is 11.6 Å². The second-order valence-corrected chi connectivity index (χ2v) is 14.7. The van der Waals surface area contributed by atoms with Crippen molar-refractivity contribution in [3.8, 4) is 0 Å². The molecule has 274 valence electrons. The van der Waals surface area contributed by atoms with Gasteiger partial charge in [0, 0.05) is 38.4 Å². The zero-order valence-electron chi connectivity index (χ0n) is 30.6. The Morgan fingerprint density at radius 3 is 1.20 bits per heavy atom. The summed E-state index contributed by atoms with van der Waals surface area (Å²) in [5.74, 6) is 0.674. The minimum absolute atomic E-state index is 0. The van der Waals surface area contributed by atoms with Gasteiger partial charge in [0.25, 0.3) is 0 Å². The molecule has 3 aliphatic rings. The lowest BCUT2D eigenvalue weighted by Gasteiger charge is -2.26. The maximum atomic E-state index is 12.6. The number of carbonyl (C=O) groups is 3. The fraction of sp³-hybridized carbons (Fsp3) is 0.152. The Bertz CT molecular complexity index is 2530. The number of Topliss-reactive ketones (excluding diaryl/α,β-unsaturated/α-hetero) is 3. The first kappa shape index (κ1) is 40.3. The van der Waals surface area contributed by atoms with E-state index in [-0.39, 0.29) is 48.0 Å². The second-order valence-electron chi connectivity index (χ2n) is 14.4. The molecular formula is C46H41Cl3N2O3. The Morgan fingerprint density at radius 2 is 0.833 bits per heavy atom. The molecule has 0 unspecified atom stereocenters. The average molecular weight is 776 g/mol. The Hall–Kier alpha value is -4.88. The van der Waals surface area contributed by atoms with Crippen molar-refractivity contribution in [1.29, 1.82) is 0 Å². The molecule has 9 rings (SSSR count). The maximum Gasteiger partial charge on any atom is 0.195 e. The number of benzene rings is 6. The topological polar surface area (TPSA) is 67.8 Å². The van der Waals surface area contributed by atoms with E-state index in [1.165, 1.54) is 0 Å². The number of nitrogens with zero attached hydrogens (tertiary/aromatic N) is 1. The number of alkyl halides is 1. The van der Waals surface area contributed by atoms with Gasteiger partial charge in [0.2, 0.25) is 0 Å². The molecule has 0 amide bonds. The Kier molecular flexibility index (Phi) is 12.4. The third-order valence-electron chi connectivity index (χ3n) is 9.62. The minimum atomic E-state index is 0. The predicted octanol–water partition coefficient (Wildman–Crippen LogP) is 2.40. The van der Waals surface area contributed by atoms with Gasteiger partial charge in [-0.3, -0.25) is 14.4 Å². The van der Waals surface area contributed by atoms with Crippen LogP contribution in [0.3, 0.4) is 0 Å². The van der Waals surface area contributed by atoms with Crippen molar-refractivity contribution in [2.24, 2.45) is 0 Å². The molecular weight excluding hydrogens is 735 g/mol. The number of hydrogen-bond donors (Lipinski definition) is 1. The van der Waals surface area contributed by atoms with Gasteiger partial charge in [-0.2, -0.15) is 0 Å². The molecule has 6 aromatic carbocycles. The minimum Gasteiger partial charge on any atom is -1.00 e. The molecule has 8 heteroatoms. The number of allylic oxidation sites excluding steroid dienone is 1. The molecule has 0 saturated carbocycles. The third-order valence-corrected chi connectivity index (χ3v) is 9.91. The molecule has 0 aliphatic heterocycles. The van der Waals surface area contributed by atoms with Crippen molar-refractivity contribution in [3.63, 3.8) is 0 Å². The van der Waals surface area contributed by atoms with Crippen LogP contribution < -0.4 is 30.1 Å². The van der Waals surface area contributed by atoms with E-state index in [1.807, 2.05) is 91.2 Å². The number of ketones is 3. The molecule has 0 saturated heterocycles. The van der Waals surface area contributed by atoms with Crippen molar-refractivity contribution >= 4 is 79.5 Å². The van der Waals surface area contributed by atoms with Crippen LogP contribution in [0.4, 0.5) is 0 Å². The van der Waals surface area contributed by atoms with E-state index in [9.17, 15) is 14.4 Å².